The molecule has 0 saturated heterocycles. The van der Waals surface area contributed by atoms with Gasteiger partial charge in [0.05, 0.1) is 11.6 Å². The van der Waals surface area contributed by atoms with Crippen molar-refractivity contribution in [3.8, 4) is 0 Å². The lowest BCUT2D eigenvalue weighted by atomic mass is 9.78. The van der Waals surface area contributed by atoms with Crippen molar-refractivity contribution in [1.82, 2.24) is 0 Å². The molecule has 3 heteroatoms. The van der Waals surface area contributed by atoms with Crippen LogP contribution in [0.4, 0.5) is 5.69 Å². The molecule has 0 radical (unpaired) electrons. The second-order valence-corrected chi connectivity index (χ2v) is 5.95. The minimum absolute atomic E-state index is 0.0948. The first-order valence-corrected chi connectivity index (χ1v) is 7.72. The van der Waals surface area contributed by atoms with Crippen molar-refractivity contribution in [2.24, 2.45) is 5.73 Å². The van der Waals surface area contributed by atoms with Crippen molar-refractivity contribution in [1.29, 1.82) is 0 Å². The number of methoxy groups -OCH3 is 1. The zero-order valence-corrected chi connectivity index (χ0v) is 13.1. The summed E-state index contributed by atoms with van der Waals surface area (Å²) in [6.45, 7) is 6.08. The summed E-state index contributed by atoms with van der Waals surface area (Å²) < 4.78 is 5.51. The summed E-state index contributed by atoms with van der Waals surface area (Å²) in [4.78, 5) is 2.51. The molecule has 0 bridgehead atoms. The van der Waals surface area contributed by atoms with Crippen LogP contribution in [0.2, 0.25) is 0 Å². The fraction of sp³-hybridized carbons (Fsp3) is 0.647. The summed E-state index contributed by atoms with van der Waals surface area (Å²) in [6, 6.07) is 8.76. The Balaban J connectivity index is 2.24. The number of hydrogen-bond acceptors (Lipinski definition) is 3. The lowest BCUT2D eigenvalue weighted by molar-refractivity contribution is 0.0497. The Labute approximate surface area is 123 Å². The van der Waals surface area contributed by atoms with Gasteiger partial charge in [0.2, 0.25) is 0 Å². The Morgan fingerprint density at radius 3 is 2.55 bits per heavy atom. The average molecular weight is 276 g/mol. The summed E-state index contributed by atoms with van der Waals surface area (Å²) >= 11 is 0. The highest BCUT2D eigenvalue weighted by Gasteiger charge is 2.39. The SMILES string of the molecule is CCN(c1cccc(C)c1)C1(CN)CCC(OC)CC1. The maximum absolute atomic E-state index is 6.19. The number of anilines is 1. The molecular formula is C17H28N2O. The van der Waals surface area contributed by atoms with Crippen molar-refractivity contribution in [3.63, 3.8) is 0 Å². The number of nitrogens with zero attached hydrogens (tertiary/aromatic N) is 1. The number of aryl methyl sites for hydroxylation is 1. The van der Waals surface area contributed by atoms with Gasteiger partial charge in [-0.15, -0.1) is 0 Å². The van der Waals surface area contributed by atoms with Crippen molar-refractivity contribution in [2.45, 2.75) is 51.2 Å². The molecule has 0 heterocycles. The summed E-state index contributed by atoms with van der Waals surface area (Å²) in [5.74, 6) is 0. The molecule has 0 unspecified atom stereocenters. The number of hydrogen-bond donors (Lipinski definition) is 1. The zero-order valence-electron chi connectivity index (χ0n) is 13.1. The molecule has 0 aliphatic heterocycles. The van der Waals surface area contributed by atoms with Gasteiger partial charge in [-0.05, 0) is 57.2 Å². The number of likely N-dealkylation sites (N-methyl/N-ethyl adjacent to an activating group) is 1. The van der Waals surface area contributed by atoms with Crippen LogP contribution in [-0.2, 0) is 4.74 Å². The molecule has 1 aliphatic carbocycles. The largest absolute Gasteiger partial charge is 0.381 e. The lowest BCUT2D eigenvalue weighted by Gasteiger charge is -2.48. The van der Waals surface area contributed by atoms with E-state index in [-0.39, 0.29) is 5.54 Å². The number of rotatable bonds is 5. The van der Waals surface area contributed by atoms with Gasteiger partial charge in [-0.25, -0.2) is 0 Å². The van der Waals surface area contributed by atoms with Crippen LogP contribution in [0.1, 0.15) is 38.2 Å². The standard InChI is InChI=1S/C17H28N2O/c1-4-19(15-7-5-6-14(2)12-15)17(13-18)10-8-16(20-3)9-11-17/h5-7,12,16H,4,8-11,13,18H2,1-3H3. The van der Waals surface area contributed by atoms with Crippen LogP contribution < -0.4 is 10.6 Å². The topological polar surface area (TPSA) is 38.5 Å². The summed E-state index contributed by atoms with van der Waals surface area (Å²) in [6.07, 6.45) is 4.85. The van der Waals surface area contributed by atoms with Crippen LogP contribution in [0, 0.1) is 6.92 Å². The van der Waals surface area contributed by atoms with Crippen LogP contribution in [0.5, 0.6) is 0 Å². The molecule has 2 N–H and O–H groups in total. The molecule has 1 aromatic rings. The second kappa shape index (κ2) is 6.59. The number of nitrogens with two attached hydrogens (primary N) is 1. The van der Waals surface area contributed by atoms with Crippen LogP contribution in [0.15, 0.2) is 24.3 Å². The van der Waals surface area contributed by atoms with Gasteiger partial charge in [-0.2, -0.15) is 0 Å². The van der Waals surface area contributed by atoms with E-state index in [1.165, 1.54) is 11.3 Å². The predicted molar refractivity (Wildman–Crippen MR) is 85.2 cm³/mol. The molecule has 1 saturated carbocycles. The fourth-order valence-electron chi connectivity index (χ4n) is 3.54. The third kappa shape index (κ3) is 2.99. The Kier molecular flexibility index (Phi) is 5.06. The summed E-state index contributed by atoms with van der Waals surface area (Å²) in [5.41, 5.74) is 8.89. The van der Waals surface area contributed by atoms with E-state index in [0.717, 1.165) is 32.2 Å². The highest BCUT2D eigenvalue weighted by atomic mass is 16.5. The van der Waals surface area contributed by atoms with Crippen LogP contribution in [0.25, 0.3) is 0 Å². The quantitative estimate of drug-likeness (QED) is 0.898. The molecule has 0 atom stereocenters. The van der Waals surface area contributed by atoms with Crippen molar-refractivity contribution in [3.05, 3.63) is 29.8 Å². The molecule has 3 nitrogen and oxygen atoms in total. The monoisotopic (exact) mass is 276 g/mol. The van der Waals surface area contributed by atoms with Crippen LogP contribution in [-0.4, -0.2) is 31.8 Å². The molecule has 112 valence electrons. The highest BCUT2D eigenvalue weighted by Crippen LogP contribution is 2.37. The van der Waals surface area contributed by atoms with E-state index in [4.69, 9.17) is 10.5 Å². The molecule has 2 rings (SSSR count). The van der Waals surface area contributed by atoms with Gasteiger partial charge in [0.25, 0.3) is 0 Å². The fourth-order valence-corrected chi connectivity index (χ4v) is 3.54. The summed E-state index contributed by atoms with van der Waals surface area (Å²) in [7, 11) is 1.82. The Morgan fingerprint density at radius 1 is 1.35 bits per heavy atom. The molecule has 1 fully saturated rings. The molecule has 0 aromatic heterocycles. The Morgan fingerprint density at radius 2 is 2.05 bits per heavy atom. The summed E-state index contributed by atoms with van der Waals surface area (Å²) in [5, 5.41) is 0. The first-order chi connectivity index (χ1) is 9.65. The molecule has 0 spiro atoms. The van der Waals surface area contributed by atoms with Crippen LogP contribution >= 0.6 is 0 Å². The van der Waals surface area contributed by atoms with E-state index in [1.54, 1.807) is 0 Å². The molecule has 0 amide bonds. The molecule has 1 aliphatic rings. The van der Waals surface area contributed by atoms with E-state index in [1.807, 2.05) is 7.11 Å². The minimum Gasteiger partial charge on any atom is -0.381 e. The van der Waals surface area contributed by atoms with E-state index >= 15 is 0 Å². The first kappa shape index (κ1) is 15.3. The maximum atomic E-state index is 6.19. The normalized spacial score (nSPS) is 26.5. The maximum Gasteiger partial charge on any atom is 0.0573 e. The minimum atomic E-state index is 0.0948. The second-order valence-electron chi connectivity index (χ2n) is 5.95. The van der Waals surface area contributed by atoms with E-state index in [9.17, 15) is 0 Å². The van der Waals surface area contributed by atoms with Crippen molar-refractivity contribution in [2.75, 3.05) is 25.1 Å². The van der Waals surface area contributed by atoms with Crippen molar-refractivity contribution < 1.29 is 4.74 Å². The number of ether oxygens (including phenoxy) is 1. The Hall–Kier alpha value is -1.06. The van der Waals surface area contributed by atoms with Gasteiger partial charge in [-0.1, -0.05) is 12.1 Å². The van der Waals surface area contributed by atoms with E-state index in [2.05, 4.69) is 43.0 Å². The zero-order chi connectivity index (χ0) is 14.6. The van der Waals surface area contributed by atoms with Gasteiger partial charge in [-0.3, -0.25) is 0 Å². The van der Waals surface area contributed by atoms with Gasteiger partial charge in [0.15, 0.2) is 0 Å². The third-order valence-corrected chi connectivity index (χ3v) is 4.78. The van der Waals surface area contributed by atoms with Crippen molar-refractivity contribution >= 4 is 5.69 Å². The van der Waals surface area contributed by atoms with E-state index in [0.29, 0.717) is 12.6 Å². The average Bonchev–Trinajstić information content (AvgIpc) is 2.48. The highest BCUT2D eigenvalue weighted by molar-refractivity contribution is 5.51. The predicted octanol–water partition coefficient (Wildman–Crippen LogP) is 3.11. The van der Waals surface area contributed by atoms with Gasteiger partial charge >= 0.3 is 0 Å². The van der Waals surface area contributed by atoms with E-state index < -0.39 is 0 Å². The molecule has 1 aromatic carbocycles. The lowest BCUT2D eigenvalue weighted by Crippen LogP contribution is -2.56. The van der Waals surface area contributed by atoms with Crippen LogP contribution in [0.3, 0.4) is 0 Å². The Bertz CT molecular complexity index is 425. The number of benzene rings is 1. The van der Waals surface area contributed by atoms with Gasteiger partial charge in [0, 0.05) is 25.9 Å². The third-order valence-electron chi connectivity index (χ3n) is 4.78. The molecule has 20 heavy (non-hydrogen) atoms. The van der Waals surface area contributed by atoms with Gasteiger partial charge in [0.1, 0.15) is 0 Å². The van der Waals surface area contributed by atoms with Gasteiger partial charge < -0.3 is 15.4 Å². The smallest absolute Gasteiger partial charge is 0.0573 e. The molecular weight excluding hydrogens is 248 g/mol. The first-order valence-electron chi connectivity index (χ1n) is 7.72.